The van der Waals surface area contributed by atoms with Gasteiger partial charge in [-0.25, -0.2) is 9.37 Å². The maximum absolute atomic E-state index is 15.4. The van der Waals surface area contributed by atoms with Gasteiger partial charge in [-0.15, -0.1) is 0 Å². The minimum atomic E-state index is -4.94. The first-order valence-corrected chi connectivity index (χ1v) is 12.3. The molecule has 1 aliphatic rings. The second kappa shape index (κ2) is 11.4. The molecule has 2 aromatic carbocycles. The van der Waals surface area contributed by atoms with E-state index in [1.54, 1.807) is 6.92 Å². The van der Waals surface area contributed by atoms with Crippen LogP contribution in [-0.4, -0.2) is 22.0 Å². The van der Waals surface area contributed by atoms with Crippen molar-refractivity contribution in [3.05, 3.63) is 86.6 Å². The molecule has 0 spiro atoms. The van der Waals surface area contributed by atoms with E-state index < -0.39 is 70.7 Å². The van der Waals surface area contributed by atoms with Gasteiger partial charge in [0.2, 0.25) is 5.91 Å². The van der Waals surface area contributed by atoms with E-state index in [1.807, 2.05) is 0 Å². The molecule has 6 nitrogen and oxygen atoms in total. The van der Waals surface area contributed by atoms with Crippen molar-refractivity contribution in [2.45, 2.75) is 57.8 Å². The SMILES string of the molecule is CCc1cc(=O)[nH]c(-c2c(C(F)(F)F)ccc(CNC(=O)[C@H]3C[C@H](OCc4ccccc4C(F)(F)F)C3)c2F)n1. The lowest BCUT2D eigenvalue weighted by atomic mass is 9.81. The third kappa shape index (κ3) is 6.52. The third-order valence-corrected chi connectivity index (χ3v) is 6.64. The topological polar surface area (TPSA) is 84.1 Å². The number of ether oxygens (including phenoxy) is 1. The number of benzene rings is 2. The predicted molar refractivity (Wildman–Crippen MR) is 129 cm³/mol. The van der Waals surface area contributed by atoms with Crippen molar-refractivity contribution in [1.82, 2.24) is 15.3 Å². The van der Waals surface area contributed by atoms with Crippen molar-refractivity contribution in [2.75, 3.05) is 0 Å². The van der Waals surface area contributed by atoms with Gasteiger partial charge in [0.15, 0.2) is 0 Å². The summed E-state index contributed by atoms with van der Waals surface area (Å²) in [5, 5.41) is 2.48. The standard InChI is InChI=1S/C27H24F7N3O3/c1-2-17-11-21(38)37-24(36-17)22-20(27(32,33)34)8-7-14(23(22)28)12-35-25(39)16-9-18(10-16)40-13-15-5-3-4-6-19(15)26(29,30)31/h3-8,11,16,18H,2,9-10,12-13H2,1H3,(H,35,39)(H,36,37,38)/t16-,18-. The first kappa shape index (κ1) is 29.2. The number of halogens is 7. The van der Waals surface area contributed by atoms with Crippen LogP contribution in [0.5, 0.6) is 0 Å². The van der Waals surface area contributed by atoms with Crippen molar-refractivity contribution in [2.24, 2.45) is 5.92 Å². The van der Waals surface area contributed by atoms with Gasteiger partial charge >= 0.3 is 12.4 Å². The molecule has 0 aliphatic heterocycles. The number of alkyl halides is 6. The molecule has 0 radical (unpaired) electrons. The van der Waals surface area contributed by atoms with E-state index in [1.165, 1.54) is 18.2 Å². The zero-order valence-corrected chi connectivity index (χ0v) is 21.0. The van der Waals surface area contributed by atoms with Crippen LogP contribution in [0.2, 0.25) is 0 Å². The molecular formula is C27H24F7N3O3. The molecule has 1 aromatic heterocycles. The molecule has 0 saturated heterocycles. The lowest BCUT2D eigenvalue weighted by Gasteiger charge is -2.34. The van der Waals surface area contributed by atoms with Gasteiger partial charge in [-0.3, -0.25) is 9.59 Å². The highest BCUT2D eigenvalue weighted by Gasteiger charge is 2.38. The summed E-state index contributed by atoms with van der Waals surface area (Å²) in [5.74, 6) is -2.92. The Morgan fingerprint density at radius 2 is 1.70 bits per heavy atom. The molecule has 4 rings (SSSR count). The summed E-state index contributed by atoms with van der Waals surface area (Å²) >= 11 is 0. The number of carbonyl (C=O) groups excluding carboxylic acids is 1. The molecular weight excluding hydrogens is 547 g/mol. The molecule has 3 aromatic rings. The molecule has 1 amide bonds. The van der Waals surface area contributed by atoms with E-state index in [0.29, 0.717) is 6.07 Å². The summed E-state index contributed by atoms with van der Waals surface area (Å²) in [4.78, 5) is 30.6. The Kier molecular flexibility index (Phi) is 8.33. The van der Waals surface area contributed by atoms with Crippen LogP contribution in [0.25, 0.3) is 11.4 Å². The minimum Gasteiger partial charge on any atom is -0.373 e. The first-order chi connectivity index (χ1) is 18.8. The van der Waals surface area contributed by atoms with Crippen LogP contribution in [0.3, 0.4) is 0 Å². The highest BCUT2D eigenvalue weighted by Crippen LogP contribution is 2.39. The Bertz CT molecular complexity index is 1440. The number of aromatic nitrogens is 2. The van der Waals surface area contributed by atoms with E-state index in [0.717, 1.165) is 18.2 Å². The number of hydrogen-bond acceptors (Lipinski definition) is 4. The molecule has 13 heteroatoms. The predicted octanol–water partition coefficient (Wildman–Crippen LogP) is 5.79. The number of rotatable bonds is 8. The Morgan fingerprint density at radius 1 is 1.02 bits per heavy atom. The summed E-state index contributed by atoms with van der Waals surface area (Å²) in [7, 11) is 0. The summed E-state index contributed by atoms with van der Waals surface area (Å²) < 4.78 is 101. The number of aryl methyl sites for hydroxylation is 1. The summed E-state index contributed by atoms with van der Waals surface area (Å²) in [6, 6.07) is 7.65. The van der Waals surface area contributed by atoms with Gasteiger partial charge in [0.05, 0.1) is 29.4 Å². The lowest BCUT2D eigenvalue weighted by molar-refractivity contribution is -0.140. The smallest absolute Gasteiger partial charge is 0.373 e. The Hall–Kier alpha value is -3.74. The van der Waals surface area contributed by atoms with Crippen molar-refractivity contribution >= 4 is 5.91 Å². The summed E-state index contributed by atoms with van der Waals surface area (Å²) in [6.45, 7) is 0.911. The van der Waals surface area contributed by atoms with Crippen LogP contribution in [0.15, 0.2) is 47.3 Å². The number of nitrogens with zero attached hydrogens (tertiary/aromatic N) is 1. The van der Waals surface area contributed by atoms with Crippen molar-refractivity contribution in [1.29, 1.82) is 0 Å². The van der Waals surface area contributed by atoms with E-state index in [-0.39, 0.29) is 42.7 Å². The fourth-order valence-electron chi connectivity index (χ4n) is 4.40. The van der Waals surface area contributed by atoms with Crippen LogP contribution in [-0.2, 0) is 41.5 Å². The van der Waals surface area contributed by atoms with Crippen LogP contribution in [0.1, 0.15) is 47.7 Å². The molecule has 0 atom stereocenters. The minimum absolute atomic E-state index is 0.0307. The zero-order chi connectivity index (χ0) is 29.2. The van der Waals surface area contributed by atoms with E-state index in [9.17, 15) is 35.9 Å². The van der Waals surface area contributed by atoms with E-state index in [2.05, 4.69) is 15.3 Å². The molecule has 40 heavy (non-hydrogen) atoms. The summed E-state index contributed by atoms with van der Waals surface area (Å²) in [5.41, 5.74) is -3.91. The molecule has 1 heterocycles. The zero-order valence-electron chi connectivity index (χ0n) is 21.0. The number of hydrogen-bond donors (Lipinski definition) is 2. The molecule has 0 bridgehead atoms. The highest BCUT2D eigenvalue weighted by atomic mass is 19.4. The van der Waals surface area contributed by atoms with E-state index in [4.69, 9.17) is 4.74 Å². The summed E-state index contributed by atoms with van der Waals surface area (Å²) in [6.07, 6.45) is -9.26. The number of amides is 1. The number of carbonyl (C=O) groups is 1. The maximum atomic E-state index is 15.4. The monoisotopic (exact) mass is 571 g/mol. The average Bonchev–Trinajstić information content (AvgIpc) is 2.85. The fraction of sp³-hybridized carbons (Fsp3) is 0.370. The quantitative estimate of drug-likeness (QED) is 0.336. The first-order valence-electron chi connectivity index (χ1n) is 12.3. The van der Waals surface area contributed by atoms with Gasteiger partial charge in [0.1, 0.15) is 11.6 Å². The van der Waals surface area contributed by atoms with Gasteiger partial charge in [-0.2, -0.15) is 26.3 Å². The fourth-order valence-corrected chi connectivity index (χ4v) is 4.40. The molecule has 214 valence electrons. The van der Waals surface area contributed by atoms with Crippen LogP contribution in [0, 0.1) is 11.7 Å². The molecule has 0 unspecified atom stereocenters. The molecule has 1 aliphatic carbocycles. The lowest BCUT2D eigenvalue weighted by Crippen LogP contribution is -2.42. The van der Waals surface area contributed by atoms with Crippen LogP contribution < -0.4 is 10.9 Å². The van der Waals surface area contributed by atoms with Gasteiger partial charge in [0.25, 0.3) is 5.56 Å². The third-order valence-electron chi connectivity index (χ3n) is 6.64. The average molecular weight is 571 g/mol. The van der Waals surface area contributed by atoms with Gasteiger partial charge < -0.3 is 15.0 Å². The normalized spacial score (nSPS) is 17.4. The van der Waals surface area contributed by atoms with Gasteiger partial charge in [-0.05, 0) is 37.0 Å². The van der Waals surface area contributed by atoms with Gasteiger partial charge in [0, 0.05) is 29.8 Å². The Labute approximate surface area is 223 Å². The number of H-pyrrole nitrogens is 1. The van der Waals surface area contributed by atoms with Crippen molar-refractivity contribution in [3.8, 4) is 11.4 Å². The highest BCUT2D eigenvalue weighted by molar-refractivity contribution is 5.79. The Balaban J connectivity index is 1.41. The Morgan fingerprint density at radius 3 is 2.35 bits per heavy atom. The number of aromatic amines is 1. The van der Waals surface area contributed by atoms with E-state index >= 15 is 4.39 Å². The molecule has 1 saturated carbocycles. The second-order valence-electron chi connectivity index (χ2n) is 9.37. The van der Waals surface area contributed by atoms with Crippen LogP contribution in [0.4, 0.5) is 30.7 Å². The molecule has 1 fully saturated rings. The van der Waals surface area contributed by atoms with Crippen LogP contribution >= 0.6 is 0 Å². The number of nitrogens with one attached hydrogen (secondary N) is 2. The molecule has 2 N–H and O–H groups in total. The van der Waals surface area contributed by atoms with Crippen molar-refractivity contribution in [3.63, 3.8) is 0 Å². The second-order valence-corrected chi connectivity index (χ2v) is 9.37. The van der Waals surface area contributed by atoms with Gasteiger partial charge in [-0.1, -0.05) is 31.2 Å². The maximum Gasteiger partial charge on any atom is 0.417 e. The van der Waals surface area contributed by atoms with Crippen molar-refractivity contribution < 1.29 is 40.3 Å². The largest absolute Gasteiger partial charge is 0.417 e.